The van der Waals surface area contributed by atoms with Crippen molar-refractivity contribution < 1.29 is 31.1 Å². The van der Waals surface area contributed by atoms with Crippen LogP contribution in [0.25, 0.3) is 0 Å². The van der Waals surface area contributed by atoms with E-state index in [1.807, 2.05) is 0 Å². The van der Waals surface area contributed by atoms with Crippen LogP contribution in [0.15, 0.2) is 52.0 Å². The molecule has 2 aliphatic rings. The lowest BCUT2D eigenvalue weighted by molar-refractivity contribution is -0.151. The number of methoxy groups -OCH3 is 1. The molecular weight excluding hydrogens is 414 g/mol. The molecule has 2 heterocycles. The molecule has 0 unspecified atom stereocenters. The maximum absolute atomic E-state index is 12.6. The molecule has 0 bridgehead atoms. The van der Waals surface area contributed by atoms with Crippen LogP contribution in [0, 0.1) is 0 Å². The summed E-state index contributed by atoms with van der Waals surface area (Å²) in [6, 6.07) is 8.68. The minimum Gasteiger partial charge on any atom is -0.428 e. The van der Waals surface area contributed by atoms with E-state index in [0.717, 1.165) is 6.08 Å². The Balaban J connectivity index is 1.95. The lowest BCUT2D eigenvalue weighted by Crippen LogP contribution is -2.29. The van der Waals surface area contributed by atoms with Crippen molar-refractivity contribution in [3.8, 4) is 0 Å². The topological polar surface area (TPSA) is 130 Å². The Bertz CT molecular complexity index is 1030. The number of primary sulfonamides is 1. The fourth-order valence-electron chi connectivity index (χ4n) is 2.79. The molecule has 0 aliphatic carbocycles. The highest BCUT2D eigenvalue weighted by atomic mass is 32.3. The van der Waals surface area contributed by atoms with Crippen LogP contribution >= 0.6 is 11.8 Å². The number of sulfonamides is 1. The maximum atomic E-state index is 12.6. The van der Waals surface area contributed by atoms with Gasteiger partial charge in [-0.2, -0.15) is 0 Å². The Morgan fingerprint density at radius 3 is 2.56 bits per heavy atom. The Kier molecular flexibility index (Phi) is 5.50. The number of hydrogen-bond donors (Lipinski definition) is 1. The fourth-order valence-corrected chi connectivity index (χ4v) is 7.28. The molecule has 0 fully saturated rings. The van der Waals surface area contributed by atoms with Gasteiger partial charge in [-0.3, -0.25) is 0 Å². The molecule has 0 radical (unpaired) electrons. The zero-order chi connectivity index (χ0) is 19.8. The van der Waals surface area contributed by atoms with E-state index in [0.29, 0.717) is 17.3 Å². The molecule has 8 nitrogen and oxygen atoms in total. The van der Waals surface area contributed by atoms with Gasteiger partial charge >= 0.3 is 5.97 Å². The largest absolute Gasteiger partial charge is 0.428 e. The molecule has 27 heavy (non-hydrogen) atoms. The van der Waals surface area contributed by atoms with Crippen molar-refractivity contribution >= 4 is 37.6 Å². The zero-order valence-corrected chi connectivity index (χ0v) is 16.6. The highest BCUT2D eigenvalue weighted by molar-refractivity contribution is 8.24. The van der Waals surface area contributed by atoms with Crippen LogP contribution in [0.2, 0.25) is 0 Å². The van der Waals surface area contributed by atoms with Crippen molar-refractivity contribution in [2.45, 2.75) is 17.1 Å². The number of ether oxygens (including phenoxy) is 2. The first kappa shape index (κ1) is 20.1. The molecule has 0 saturated heterocycles. The molecule has 2 N–H and O–H groups in total. The van der Waals surface area contributed by atoms with Gasteiger partial charge in [-0.25, -0.2) is 26.8 Å². The number of nitrogens with two attached hydrogens (primary N) is 1. The molecule has 2 atom stereocenters. The number of esters is 1. The summed E-state index contributed by atoms with van der Waals surface area (Å²) in [7, 11) is -6.30. The van der Waals surface area contributed by atoms with Gasteiger partial charge in [0.25, 0.3) is 0 Å². The predicted molar refractivity (Wildman–Crippen MR) is 100 cm³/mol. The van der Waals surface area contributed by atoms with Gasteiger partial charge in [-0.1, -0.05) is 42.1 Å². The van der Waals surface area contributed by atoms with Gasteiger partial charge in [0, 0.05) is 19.1 Å². The summed E-state index contributed by atoms with van der Waals surface area (Å²) in [6.07, 6.45) is 0.126. The maximum Gasteiger partial charge on any atom is 0.344 e. The number of allylic oxidation sites excluding steroid dienone is 2. The number of fused-ring (bicyclic) bond motifs is 1. The minimum atomic E-state index is -4.07. The monoisotopic (exact) mass is 431 g/mol. The normalized spacial score (nSPS) is 22.7. The summed E-state index contributed by atoms with van der Waals surface area (Å²) in [5.41, 5.74) is 0.712. The number of carbonyl (C=O) groups is 1. The molecule has 146 valence electrons. The molecular formula is C16H17NO7S3. The SMILES string of the molecule is CO[C@@H](C(=O)OC1=C2C=C(S(N)(=O)=O)S[C@@H]2S(=O)(=O)CC1)c1ccccc1. The average Bonchev–Trinajstić information content (AvgIpc) is 3.07. The Morgan fingerprint density at radius 2 is 1.96 bits per heavy atom. The third-order valence-electron chi connectivity index (χ3n) is 4.07. The molecule has 1 aromatic carbocycles. The number of hydrogen-bond acceptors (Lipinski definition) is 8. The highest BCUT2D eigenvalue weighted by Crippen LogP contribution is 2.46. The molecule has 0 saturated carbocycles. The van der Waals surface area contributed by atoms with Crippen molar-refractivity contribution in [1.82, 2.24) is 0 Å². The fraction of sp³-hybridized carbons (Fsp3) is 0.312. The first-order chi connectivity index (χ1) is 12.6. The van der Waals surface area contributed by atoms with Crippen LogP contribution in [0.1, 0.15) is 18.1 Å². The van der Waals surface area contributed by atoms with Gasteiger partial charge in [0.2, 0.25) is 10.0 Å². The van der Waals surface area contributed by atoms with Crippen molar-refractivity contribution in [2.75, 3.05) is 12.9 Å². The van der Waals surface area contributed by atoms with Crippen LogP contribution in [-0.2, 0) is 34.1 Å². The molecule has 0 amide bonds. The summed E-state index contributed by atoms with van der Waals surface area (Å²) in [6.45, 7) is 0. The molecule has 3 rings (SSSR count). The van der Waals surface area contributed by atoms with Crippen LogP contribution in [0.4, 0.5) is 0 Å². The van der Waals surface area contributed by atoms with Crippen molar-refractivity contribution in [3.63, 3.8) is 0 Å². The van der Waals surface area contributed by atoms with Gasteiger partial charge in [-0.15, -0.1) is 0 Å². The third-order valence-corrected chi connectivity index (χ3v) is 9.40. The van der Waals surface area contributed by atoms with E-state index < -0.39 is 36.5 Å². The van der Waals surface area contributed by atoms with Gasteiger partial charge < -0.3 is 9.47 Å². The number of sulfone groups is 1. The average molecular weight is 432 g/mol. The Labute approximate surface area is 161 Å². The van der Waals surface area contributed by atoms with E-state index in [2.05, 4.69) is 0 Å². The van der Waals surface area contributed by atoms with E-state index in [9.17, 15) is 21.6 Å². The standard InChI is InChI=1S/C16H17NO7S3/c1-23-14(10-5-3-2-4-6-10)15(18)24-12-7-8-26(19,20)16-11(12)9-13(25-16)27(17,21)22/h2-6,9,14,16H,7-8H2,1H3,(H2,17,21,22)/t14-,16-/m1/s1. The summed E-state index contributed by atoms with van der Waals surface area (Å²) >= 11 is 0.630. The second-order valence-electron chi connectivity index (χ2n) is 5.90. The third kappa shape index (κ3) is 4.11. The zero-order valence-electron chi connectivity index (χ0n) is 14.2. The molecule has 11 heteroatoms. The van der Waals surface area contributed by atoms with E-state index in [1.54, 1.807) is 30.3 Å². The van der Waals surface area contributed by atoms with E-state index >= 15 is 0 Å². The van der Waals surface area contributed by atoms with Crippen LogP contribution in [0.3, 0.4) is 0 Å². The molecule has 2 aliphatic heterocycles. The van der Waals surface area contributed by atoms with E-state index in [1.165, 1.54) is 7.11 Å². The Morgan fingerprint density at radius 1 is 1.30 bits per heavy atom. The summed E-state index contributed by atoms with van der Waals surface area (Å²) in [5, 5.41) is 5.11. The molecule has 1 aromatic rings. The number of carbonyl (C=O) groups excluding carboxylic acids is 1. The van der Waals surface area contributed by atoms with Gasteiger partial charge in [0.05, 0.1) is 5.75 Å². The quantitative estimate of drug-likeness (QED) is 0.688. The summed E-state index contributed by atoms with van der Waals surface area (Å²) in [5.74, 6) is -0.860. The van der Waals surface area contributed by atoms with Crippen LogP contribution < -0.4 is 5.14 Å². The molecule has 0 spiro atoms. The number of thioether (sulfide) groups is 1. The van der Waals surface area contributed by atoms with E-state index in [4.69, 9.17) is 14.6 Å². The summed E-state index contributed by atoms with van der Waals surface area (Å²) in [4.78, 5) is 12.6. The first-order valence-electron chi connectivity index (χ1n) is 7.78. The van der Waals surface area contributed by atoms with Crippen molar-refractivity contribution in [3.05, 3.63) is 57.5 Å². The van der Waals surface area contributed by atoms with Gasteiger partial charge in [0.1, 0.15) is 14.6 Å². The van der Waals surface area contributed by atoms with Crippen molar-refractivity contribution in [2.24, 2.45) is 5.14 Å². The van der Waals surface area contributed by atoms with Gasteiger partial charge in [0.15, 0.2) is 15.9 Å². The first-order valence-corrected chi connectivity index (χ1v) is 11.9. The minimum absolute atomic E-state index is 0.0416. The smallest absolute Gasteiger partial charge is 0.344 e. The summed E-state index contributed by atoms with van der Waals surface area (Å²) < 4.78 is 57.0. The predicted octanol–water partition coefficient (Wildman–Crippen LogP) is 1.19. The molecule has 0 aromatic heterocycles. The van der Waals surface area contributed by atoms with Crippen LogP contribution in [-0.4, -0.2) is 40.2 Å². The highest BCUT2D eigenvalue weighted by Gasteiger charge is 2.43. The van der Waals surface area contributed by atoms with E-state index in [-0.39, 0.29) is 27.7 Å². The van der Waals surface area contributed by atoms with Crippen LogP contribution in [0.5, 0.6) is 0 Å². The number of rotatable bonds is 5. The lowest BCUT2D eigenvalue weighted by Gasteiger charge is -2.23. The second-order valence-corrected chi connectivity index (χ2v) is 11.3. The number of benzene rings is 1. The Hall–Kier alpha value is -1.66. The lowest BCUT2D eigenvalue weighted by atomic mass is 10.1. The second kappa shape index (κ2) is 7.40. The van der Waals surface area contributed by atoms with Crippen molar-refractivity contribution in [1.29, 1.82) is 0 Å². The van der Waals surface area contributed by atoms with Gasteiger partial charge in [-0.05, 0) is 11.6 Å².